The van der Waals surface area contributed by atoms with Crippen molar-refractivity contribution in [2.75, 3.05) is 4.90 Å². The lowest BCUT2D eigenvalue weighted by Gasteiger charge is -2.27. The van der Waals surface area contributed by atoms with Gasteiger partial charge in [0.25, 0.3) is 0 Å². The van der Waals surface area contributed by atoms with E-state index in [2.05, 4.69) is 181 Å². The number of hydrogen-bond acceptors (Lipinski definition) is 3. The Labute approximate surface area is 292 Å². The predicted molar refractivity (Wildman–Crippen MR) is 215 cm³/mol. The predicted octanol–water partition coefficient (Wildman–Crippen LogP) is 14.4. The lowest BCUT2D eigenvalue weighted by Crippen LogP contribution is -2.10. The van der Waals surface area contributed by atoms with Crippen LogP contribution in [0.1, 0.15) is 0 Å². The fourth-order valence-electron chi connectivity index (χ4n) is 7.30. The Hall–Kier alpha value is -5.74. The Balaban J connectivity index is 1.20. The molecule has 0 radical (unpaired) electrons. The number of benzene rings is 8. The molecule has 0 spiro atoms. The van der Waals surface area contributed by atoms with Crippen LogP contribution in [0.2, 0.25) is 0 Å². The number of thiophene rings is 2. The number of anilines is 3. The Morgan fingerprint density at radius 3 is 1.86 bits per heavy atom. The van der Waals surface area contributed by atoms with Crippen LogP contribution in [0, 0.1) is 0 Å². The summed E-state index contributed by atoms with van der Waals surface area (Å²) >= 11 is 3.75. The number of hydrogen-bond donors (Lipinski definition) is 0. The van der Waals surface area contributed by atoms with Gasteiger partial charge in [0.1, 0.15) is 0 Å². The Morgan fingerprint density at radius 2 is 1.02 bits per heavy atom. The van der Waals surface area contributed by atoms with Gasteiger partial charge in [-0.2, -0.15) is 0 Å². The van der Waals surface area contributed by atoms with Crippen molar-refractivity contribution in [1.29, 1.82) is 0 Å². The maximum Gasteiger partial charge on any atom is 0.0640 e. The Morgan fingerprint density at radius 1 is 0.367 bits per heavy atom. The van der Waals surface area contributed by atoms with E-state index >= 15 is 0 Å². The van der Waals surface area contributed by atoms with Crippen molar-refractivity contribution < 1.29 is 0 Å². The second-order valence-corrected chi connectivity index (χ2v) is 14.7. The summed E-state index contributed by atoms with van der Waals surface area (Å²) in [5.41, 5.74) is 8.41. The molecule has 10 rings (SSSR count). The second kappa shape index (κ2) is 11.5. The minimum Gasteiger partial charge on any atom is -0.309 e. The van der Waals surface area contributed by atoms with Crippen molar-refractivity contribution in [2.24, 2.45) is 0 Å². The van der Waals surface area contributed by atoms with Crippen LogP contribution in [0.15, 0.2) is 176 Å². The first-order valence-corrected chi connectivity index (χ1v) is 18.2. The molecule has 0 aliphatic carbocycles. The van der Waals surface area contributed by atoms with Gasteiger partial charge in [0, 0.05) is 47.0 Å². The summed E-state index contributed by atoms with van der Waals surface area (Å²) in [5.74, 6) is 0. The molecule has 3 heteroatoms. The summed E-state index contributed by atoms with van der Waals surface area (Å²) in [7, 11) is 0. The van der Waals surface area contributed by atoms with E-state index in [0.29, 0.717) is 0 Å². The van der Waals surface area contributed by atoms with Gasteiger partial charge in [-0.05, 0) is 87.6 Å². The summed E-state index contributed by atoms with van der Waals surface area (Å²) < 4.78 is 5.22. The second-order valence-electron chi connectivity index (χ2n) is 12.5. The number of rotatable bonds is 5. The molecular weight excluding hydrogens is 631 g/mol. The highest BCUT2D eigenvalue weighted by Gasteiger charge is 2.21. The molecular formula is C46H29NS2. The first kappa shape index (κ1) is 28.3. The SMILES string of the molecule is c1ccc(-c2ccc(N(c3ccc(-c4ccc5ccccc5c4)cc3)c3ccc4sc5ccccc5c4c3)c3sc4ccccc4c23)cc1. The monoisotopic (exact) mass is 659 g/mol. The average molecular weight is 660 g/mol. The molecule has 10 aromatic rings. The summed E-state index contributed by atoms with van der Waals surface area (Å²) in [6.07, 6.45) is 0. The highest BCUT2D eigenvalue weighted by molar-refractivity contribution is 7.26. The third kappa shape index (κ3) is 4.74. The summed E-state index contributed by atoms with van der Waals surface area (Å²) in [4.78, 5) is 2.46. The molecule has 1 nitrogen and oxygen atoms in total. The van der Waals surface area contributed by atoms with Crippen molar-refractivity contribution in [3.8, 4) is 22.3 Å². The Bertz CT molecular complexity index is 2830. The van der Waals surface area contributed by atoms with Crippen LogP contribution in [0.4, 0.5) is 17.1 Å². The fourth-order valence-corrected chi connectivity index (χ4v) is 9.62. The van der Waals surface area contributed by atoms with Crippen molar-refractivity contribution in [2.45, 2.75) is 0 Å². The molecule has 0 saturated heterocycles. The van der Waals surface area contributed by atoms with Crippen molar-refractivity contribution in [3.63, 3.8) is 0 Å². The van der Waals surface area contributed by atoms with Crippen molar-refractivity contribution in [3.05, 3.63) is 176 Å². The summed E-state index contributed by atoms with van der Waals surface area (Å²) in [6, 6.07) is 64.4. The third-order valence-electron chi connectivity index (χ3n) is 9.66. The molecule has 49 heavy (non-hydrogen) atoms. The molecule has 0 saturated carbocycles. The number of fused-ring (bicyclic) bond motifs is 7. The highest BCUT2D eigenvalue weighted by atomic mass is 32.1. The molecule has 8 aromatic carbocycles. The van der Waals surface area contributed by atoms with E-state index in [-0.39, 0.29) is 0 Å². The van der Waals surface area contributed by atoms with E-state index in [1.165, 1.54) is 79.1 Å². The molecule has 0 atom stereocenters. The highest BCUT2D eigenvalue weighted by Crippen LogP contribution is 2.49. The van der Waals surface area contributed by atoms with Gasteiger partial charge in [-0.3, -0.25) is 0 Å². The lowest BCUT2D eigenvalue weighted by molar-refractivity contribution is 1.31. The molecule has 0 aliphatic heterocycles. The van der Waals surface area contributed by atoms with Crippen LogP contribution >= 0.6 is 22.7 Å². The van der Waals surface area contributed by atoms with Gasteiger partial charge in [0.15, 0.2) is 0 Å². The summed E-state index contributed by atoms with van der Waals surface area (Å²) in [5, 5.41) is 7.73. The zero-order valence-electron chi connectivity index (χ0n) is 26.5. The first-order chi connectivity index (χ1) is 24.3. The normalized spacial score (nSPS) is 11.7. The van der Waals surface area contributed by atoms with Gasteiger partial charge in [-0.25, -0.2) is 0 Å². The van der Waals surface area contributed by atoms with E-state index in [9.17, 15) is 0 Å². The zero-order valence-corrected chi connectivity index (χ0v) is 28.1. The van der Waals surface area contributed by atoms with Crippen molar-refractivity contribution in [1.82, 2.24) is 0 Å². The molecule has 2 aromatic heterocycles. The van der Waals surface area contributed by atoms with Crippen molar-refractivity contribution >= 4 is 90.9 Å². The van der Waals surface area contributed by atoms with Crippen LogP contribution < -0.4 is 4.90 Å². The standard InChI is InChI=1S/C46H29NS2/c1-2-11-32(12-3-1)37-25-26-41(46-45(37)39-15-7-9-17-43(39)49-46)47(36-24-27-44-40(29-36)38-14-6-8-16-42(38)48-44)35-22-20-31(21-23-35)34-19-18-30-10-4-5-13-33(30)28-34/h1-29H. The molecule has 0 fully saturated rings. The van der Waals surface area contributed by atoms with Crippen LogP contribution in [0.25, 0.3) is 73.4 Å². The maximum atomic E-state index is 2.46. The van der Waals surface area contributed by atoms with Crippen LogP contribution in [-0.4, -0.2) is 0 Å². The van der Waals surface area contributed by atoms with Gasteiger partial charge in [0.05, 0.1) is 10.4 Å². The molecule has 0 bridgehead atoms. The lowest BCUT2D eigenvalue weighted by atomic mass is 9.98. The quantitative estimate of drug-likeness (QED) is 0.178. The van der Waals surface area contributed by atoms with Crippen LogP contribution in [0.3, 0.4) is 0 Å². The van der Waals surface area contributed by atoms with E-state index in [4.69, 9.17) is 0 Å². The van der Waals surface area contributed by atoms with Crippen LogP contribution in [0.5, 0.6) is 0 Å². The van der Waals surface area contributed by atoms with E-state index in [0.717, 1.165) is 11.4 Å². The van der Waals surface area contributed by atoms with Gasteiger partial charge >= 0.3 is 0 Å². The molecule has 0 unspecified atom stereocenters. The summed E-state index contributed by atoms with van der Waals surface area (Å²) in [6.45, 7) is 0. The van der Waals surface area contributed by atoms with E-state index in [1.807, 2.05) is 22.7 Å². The molecule has 0 N–H and O–H groups in total. The zero-order chi connectivity index (χ0) is 32.3. The molecule has 230 valence electrons. The maximum absolute atomic E-state index is 2.46. The van der Waals surface area contributed by atoms with Gasteiger partial charge in [0.2, 0.25) is 0 Å². The Kier molecular flexibility index (Phi) is 6.61. The topological polar surface area (TPSA) is 3.24 Å². The van der Waals surface area contributed by atoms with Crippen LogP contribution in [-0.2, 0) is 0 Å². The molecule has 0 amide bonds. The average Bonchev–Trinajstić information content (AvgIpc) is 3.74. The smallest absolute Gasteiger partial charge is 0.0640 e. The van der Waals surface area contributed by atoms with Gasteiger partial charge < -0.3 is 4.90 Å². The molecule has 0 aliphatic rings. The molecule has 2 heterocycles. The third-order valence-corrected chi connectivity index (χ3v) is 12.0. The minimum atomic E-state index is 1.13. The van der Waals surface area contributed by atoms with E-state index in [1.54, 1.807) is 0 Å². The first-order valence-electron chi connectivity index (χ1n) is 16.6. The fraction of sp³-hybridized carbons (Fsp3) is 0. The number of nitrogens with zero attached hydrogens (tertiary/aromatic N) is 1. The van der Waals surface area contributed by atoms with Gasteiger partial charge in [-0.15, -0.1) is 22.7 Å². The minimum absolute atomic E-state index is 1.13. The van der Waals surface area contributed by atoms with E-state index < -0.39 is 0 Å². The largest absolute Gasteiger partial charge is 0.309 e. The van der Waals surface area contributed by atoms with Gasteiger partial charge in [-0.1, -0.05) is 121 Å².